The number of carbonyl (C=O) groups is 1. The molecule has 1 amide bonds. The standard InChI is InChI=1S/C20H27N5O2/c1-2-18-22-17(23-27-18)13-24-11-5-8-20(14-24)9-7-19(26)25(15-20)12-16-6-3-4-10-21-16/h3-4,6,10H,2,5,7-9,11-15H2,1H3/t20-/m1/s1. The van der Waals surface area contributed by atoms with E-state index < -0.39 is 0 Å². The summed E-state index contributed by atoms with van der Waals surface area (Å²) in [6.45, 7) is 6.18. The predicted octanol–water partition coefficient (Wildman–Crippen LogP) is 2.43. The molecule has 0 unspecified atom stereocenters. The number of rotatable bonds is 5. The van der Waals surface area contributed by atoms with Crippen LogP contribution in [0.1, 0.15) is 50.0 Å². The van der Waals surface area contributed by atoms with Gasteiger partial charge in [0, 0.05) is 37.5 Å². The zero-order valence-electron chi connectivity index (χ0n) is 15.9. The molecule has 0 N–H and O–H groups in total. The summed E-state index contributed by atoms with van der Waals surface area (Å²) in [4.78, 5) is 25.7. The van der Waals surface area contributed by atoms with Crippen LogP contribution in [0.3, 0.4) is 0 Å². The van der Waals surface area contributed by atoms with Gasteiger partial charge < -0.3 is 9.42 Å². The summed E-state index contributed by atoms with van der Waals surface area (Å²) >= 11 is 0. The van der Waals surface area contributed by atoms with Gasteiger partial charge in [-0.2, -0.15) is 4.98 Å². The molecule has 2 aromatic heterocycles. The molecule has 2 aromatic rings. The van der Waals surface area contributed by atoms with E-state index in [2.05, 4.69) is 20.0 Å². The minimum Gasteiger partial charge on any atom is -0.339 e. The Labute approximate surface area is 159 Å². The lowest BCUT2D eigenvalue weighted by atomic mass is 9.73. The van der Waals surface area contributed by atoms with Gasteiger partial charge >= 0.3 is 0 Å². The van der Waals surface area contributed by atoms with Gasteiger partial charge in [0.2, 0.25) is 11.8 Å². The molecule has 1 atom stereocenters. The van der Waals surface area contributed by atoms with E-state index in [4.69, 9.17) is 4.52 Å². The highest BCUT2D eigenvalue weighted by molar-refractivity contribution is 5.77. The molecule has 0 bridgehead atoms. The molecule has 0 aromatic carbocycles. The molecule has 7 nitrogen and oxygen atoms in total. The summed E-state index contributed by atoms with van der Waals surface area (Å²) in [6.07, 6.45) is 6.46. The first kappa shape index (κ1) is 18.1. The fraction of sp³-hybridized carbons (Fsp3) is 0.600. The second-order valence-electron chi connectivity index (χ2n) is 7.84. The van der Waals surface area contributed by atoms with Crippen LogP contribution in [0.25, 0.3) is 0 Å². The fourth-order valence-corrected chi connectivity index (χ4v) is 4.41. The van der Waals surface area contributed by atoms with Crippen molar-refractivity contribution in [2.45, 2.75) is 52.1 Å². The number of aromatic nitrogens is 3. The SMILES string of the molecule is CCc1nc(CN2CCC[C@@]3(CCC(=O)N(Cc4ccccn4)C3)C2)no1. The smallest absolute Gasteiger partial charge is 0.226 e. The van der Waals surface area contributed by atoms with Gasteiger partial charge in [-0.3, -0.25) is 14.7 Å². The molecule has 27 heavy (non-hydrogen) atoms. The molecule has 0 aliphatic carbocycles. The fourth-order valence-electron chi connectivity index (χ4n) is 4.41. The topological polar surface area (TPSA) is 75.4 Å². The minimum absolute atomic E-state index is 0.165. The largest absolute Gasteiger partial charge is 0.339 e. The number of amides is 1. The maximum atomic E-state index is 12.5. The summed E-state index contributed by atoms with van der Waals surface area (Å²) in [7, 11) is 0. The van der Waals surface area contributed by atoms with Crippen molar-refractivity contribution in [2.75, 3.05) is 19.6 Å². The van der Waals surface area contributed by atoms with Gasteiger partial charge in [0.05, 0.1) is 18.8 Å². The van der Waals surface area contributed by atoms with E-state index in [1.165, 1.54) is 6.42 Å². The van der Waals surface area contributed by atoms with E-state index in [1.807, 2.05) is 30.0 Å². The summed E-state index contributed by atoms with van der Waals surface area (Å²) in [5, 5.41) is 4.10. The first-order valence-corrected chi connectivity index (χ1v) is 9.87. The Hall–Kier alpha value is -2.28. The lowest BCUT2D eigenvalue weighted by molar-refractivity contribution is -0.140. The van der Waals surface area contributed by atoms with Gasteiger partial charge in [0.15, 0.2) is 5.82 Å². The van der Waals surface area contributed by atoms with E-state index in [0.29, 0.717) is 18.9 Å². The number of pyridine rings is 1. The van der Waals surface area contributed by atoms with Gasteiger partial charge in [-0.1, -0.05) is 18.1 Å². The van der Waals surface area contributed by atoms with Crippen molar-refractivity contribution in [3.8, 4) is 0 Å². The van der Waals surface area contributed by atoms with Crippen molar-refractivity contribution in [3.05, 3.63) is 41.8 Å². The third kappa shape index (κ3) is 4.18. The van der Waals surface area contributed by atoms with Crippen molar-refractivity contribution in [1.82, 2.24) is 24.9 Å². The zero-order valence-corrected chi connectivity index (χ0v) is 15.9. The zero-order chi connectivity index (χ0) is 18.7. The molecule has 4 rings (SSSR count). The van der Waals surface area contributed by atoms with Gasteiger partial charge in [-0.25, -0.2) is 0 Å². The van der Waals surface area contributed by atoms with Crippen LogP contribution in [0.4, 0.5) is 0 Å². The van der Waals surface area contributed by atoms with Crippen molar-refractivity contribution >= 4 is 5.91 Å². The highest BCUT2D eigenvalue weighted by Gasteiger charge is 2.41. The summed E-state index contributed by atoms with van der Waals surface area (Å²) in [6, 6.07) is 5.87. The van der Waals surface area contributed by atoms with Crippen LogP contribution in [-0.2, 0) is 24.3 Å². The molecule has 4 heterocycles. The third-order valence-corrected chi connectivity index (χ3v) is 5.75. The van der Waals surface area contributed by atoms with Crippen LogP contribution in [0.5, 0.6) is 0 Å². The van der Waals surface area contributed by atoms with Gasteiger partial charge in [-0.15, -0.1) is 0 Å². The number of hydrogen-bond acceptors (Lipinski definition) is 6. The number of nitrogens with zero attached hydrogens (tertiary/aromatic N) is 5. The molecule has 2 saturated heterocycles. The van der Waals surface area contributed by atoms with E-state index in [9.17, 15) is 4.79 Å². The molecule has 0 radical (unpaired) electrons. The van der Waals surface area contributed by atoms with Crippen LogP contribution in [0, 0.1) is 5.41 Å². The number of piperidine rings is 2. The molecule has 7 heteroatoms. The maximum Gasteiger partial charge on any atom is 0.226 e. The van der Waals surface area contributed by atoms with Crippen LogP contribution in [0.15, 0.2) is 28.9 Å². The Bertz CT molecular complexity index is 778. The molecule has 144 valence electrons. The second kappa shape index (κ2) is 7.76. The lowest BCUT2D eigenvalue weighted by Crippen LogP contribution is -2.53. The molecular weight excluding hydrogens is 342 g/mol. The number of aryl methyl sites for hydroxylation is 1. The van der Waals surface area contributed by atoms with Crippen molar-refractivity contribution in [1.29, 1.82) is 0 Å². The number of likely N-dealkylation sites (tertiary alicyclic amines) is 2. The minimum atomic E-state index is 0.165. The van der Waals surface area contributed by atoms with Crippen molar-refractivity contribution < 1.29 is 9.32 Å². The number of hydrogen-bond donors (Lipinski definition) is 0. The number of carbonyl (C=O) groups excluding carboxylic acids is 1. The molecular formula is C20H27N5O2. The van der Waals surface area contributed by atoms with Crippen molar-refractivity contribution in [2.24, 2.45) is 5.41 Å². The molecule has 2 aliphatic heterocycles. The third-order valence-electron chi connectivity index (χ3n) is 5.75. The molecule has 2 aliphatic rings. The van der Waals surface area contributed by atoms with Gasteiger partial charge in [-0.05, 0) is 37.9 Å². The van der Waals surface area contributed by atoms with E-state index >= 15 is 0 Å². The van der Waals surface area contributed by atoms with E-state index in [-0.39, 0.29) is 11.3 Å². The first-order valence-electron chi connectivity index (χ1n) is 9.87. The monoisotopic (exact) mass is 369 g/mol. The summed E-state index contributed by atoms with van der Waals surface area (Å²) < 4.78 is 5.24. The quantitative estimate of drug-likeness (QED) is 0.806. The highest BCUT2D eigenvalue weighted by Crippen LogP contribution is 2.39. The normalized spacial score (nSPS) is 23.9. The Kier molecular flexibility index (Phi) is 5.20. The van der Waals surface area contributed by atoms with Crippen LogP contribution in [0.2, 0.25) is 0 Å². The summed E-state index contributed by atoms with van der Waals surface area (Å²) in [5.74, 6) is 1.71. The average molecular weight is 369 g/mol. The average Bonchev–Trinajstić information content (AvgIpc) is 3.14. The Balaban J connectivity index is 1.42. The Morgan fingerprint density at radius 1 is 1.22 bits per heavy atom. The van der Waals surface area contributed by atoms with Gasteiger partial charge in [0.1, 0.15) is 0 Å². The van der Waals surface area contributed by atoms with E-state index in [0.717, 1.165) is 57.0 Å². The second-order valence-corrected chi connectivity index (χ2v) is 7.84. The van der Waals surface area contributed by atoms with E-state index in [1.54, 1.807) is 6.20 Å². The molecule has 0 saturated carbocycles. The summed E-state index contributed by atoms with van der Waals surface area (Å²) in [5.41, 5.74) is 1.12. The maximum absolute atomic E-state index is 12.5. The van der Waals surface area contributed by atoms with Gasteiger partial charge in [0.25, 0.3) is 0 Å². The predicted molar refractivity (Wildman–Crippen MR) is 99.5 cm³/mol. The Morgan fingerprint density at radius 3 is 2.93 bits per heavy atom. The van der Waals surface area contributed by atoms with Crippen molar-refractivity contribution in [3.63, 3.8) is 0 Å². The van der Waals surface area contributed by atoms with Crippen LogP contribution < -0.4 is 0 Å². The van der Waals surface area contributed by atoms with Crippen LogP contribution >= 0.6 is 0 Å². The molecule has 2 fully saturated rings. The molecule has 1 spiro atoms. The highest BCUT2D eigenvalue weighted by atomic mass is 16.5. The van der Waals surface area contributed by atoms with Crippen LogP contribution in [-0.4, -0.2) is 50.5 Å². The Morgan fingerprint density at radius 2 is 2.15 bits per heavy atom. The lowest BCUT2D eigenvalue weighted by Gasteiger charge is -2.48. The first-order chi connectivity index (χ1) is 13.2.